The van der Waals surface area contributed by atoms with Crippen molar-refractivity contribution in [3.63, 3.8) is 0 Å². The van der Waals surface area contributed by atoms with Crippen molar-refractivity contribution in [1.82, 2.24) is 20.4 Å². The van der Waals surface area contributed by atoms with Crippen LogP contribution < -0.4 is 10.6 Å². The maximum Gasteiger partial charge on any atom is 0.321 e. The Balaban J connectivity index is 1.51. The van der Waals surface area contributed by atoms with Crippen LogP contribution in [0.5, 0.6) is 0 Å². The predicted octanol–water partition coefficient (Wildman–Crippen LogP) is 2.06. The smallest absolute Gasteiger partial charge is 0.321 e. The number of amides is 3. The number of benzene rings is 1. The third-order valence-corrected chi connectivity index (χ3v) is 7.83. The minimum atomic E-state index is -0.201. The molecule has 4 rings (SSSR count). The summed E-state index contributed by atoms with van der Waals surface area (Å²) in [4.78, 5) is 29.5. The van der Waals surface area contributed by atoms with Gasteiger partial charge in [0.2, 0.25) is 5.91 Å². The first-order valence-corrected chi connectivity index (χ1v) is 11.7. The van der Waals surface area contributed by atoms with Crippen LogP contribution in [0.15, 0.2) is 30.3 Å². The maximum atomic E-state index is 13.4. The number of hydrogen-bond donors (Lipinski definition) is 3. The second kappa shape index (κ2) is 9.17. The average molecular weight is 429 g/mol. The Hall–Kier alpha value is -2.12. The number of carbonyl (C=O) groups is 2. The van der Waals surface area contributed by atoms with Gasteiger partial charge in [-0.15, -0.1) is 0 Å². The first-order chi connectivity index (χ1) is 15.0. The fourth-order valence-electron chi connectivity index (χ4n) is 5.65. The van der Waals surface area contributed by atoms with Crippen LogP contribution in [-0.2, 0) is 10.3 Å². The normalized spacial score (nSPS) is 28.8. The van der Waals surface area contributed by atoms with Gasteiger partial charge in [0.25, 0.3) is 0 Å². The lowest BCUT2D eigenvalue weighted by atomic mass is 9.68. The van der Waals surface area contributed by atoms with E-state index in [1.165, 1.54) is 24.8 Å². The summed E-state index contributed by atoms with van der Waals surface area (Å²) in [6.07, 6.45) is 7.43. The molecule has 0 radical (unpaired) electrons. The third kappa shape index (κ3) is 4.30. The molecule has 2 aliphatic carbocycles. The summed E-state index contributed by atoms with van der Waals surface area (Å²) < 4.78 is 0. The highest BCUT2D eigenvalue weighted by Crippen LogP contribution is 2.47. The lowest BCUT2D eigenvalue weighted by Gasteiger charge is -2.49. The summed E-state index contributed by atoms with van der Waals surface area (Å²) in [5.41, 5.74) is 1.05. The Bertz CT molecular complexity index is 772. The van der Waals surface area contributed by atoms with Gasteiger partial charge in [-0.2, -0.15) is 0 Å². The first-order valence-electron chi connectivity index (χ1n) is 11.7. The number of carbonyl (C=O) groups excluding carboxylic acids is 2. The molecule has 3 N–H and O–H groups in total. The second-order valence-corrected chi connectivity index (χ2v) is 9.54. The van der Waals surface area contributed by atoms with Crippen LogP contribution in [0.4, 0.5) is 4.79 Å². The molecule has 1 saturated heterocycles. The predicted molar refractivity (Wildman–Crippen MR) is 119 cm³/mol. The summed E-state index contributed by atoms with van der Waals surface area (Å²) in [7, 11) is 2.04. The van der Waals surface area contributed by atoms with E-state index in [1.54, 1.807) is 4.90 Å². The molecule has 1 spiro atoms. The molecule has 3 fully saturated rings. The summed E-state index contributed by atoms with van der Waals surface area (Å²) in [5, 5.41) is 15.2. The van der Waals surface area contributed by atoms with Gasteiger partial charge in [0.15, 0.2) is 0 Å². The van der Waals surface area contributed by atoms with E-state index in [0.29, 0.717) is 12.5 Å². The largest absolute Gasteiger partial charge is 0.395 e. The summed E-state index contributed by atoms with van der Waals surface area (Å²) in [6, 6.07) is 10.6. The molecule has 3 amide bonds. The molecule has 2 saturated carbocycles. The number of aliphatic hydroxyl groups excluding tert-OH is 1. The van der Waals surface area contributed by atoms with E-state index in [9.17, 15) is 9.59 Å². The van der Waals surface area contributed by atoms with Crippen LogP contribution in [0.2, 0.25) is 0 Å². The quantitative estimate of drug-likeness (QED) is 0.592. The van der Waals surface area contributed by atoms with E-state index in [4.69, 9.17) is 5.11 Å². The molecule has 7 nitrogen and oxygen atoms in total. The molecule has 170 valence electrons. The molecule has 1 aromatic carbocycles. The third-order valence-electron chi connectivity index (χ3n) is 7.83. The Labute approximate surface area is 185 Å². The summed E-state index contributed by atoms with van der Waals surface area (Å²) in [6.45, 7) is 1.62. The van der Waals surface area contributed by atoms with E-state index in [2.05, 4.69) is 39.8 Å². The van der Waals surface area contributed by atoms with Crippen molar-refractivity contribution in [2.24, 2.45) is 5.92 Å². The molecule has 3 aliphatic rings. The van der Waals surface area contributed by atoms with E-state index in [-0.39, 0.29) is 42.7 Å². The molecular weight excluding hydrogens is 392 g/mol. The van der Waals surface area contributed by atoms with Crippen LogP contribution >= 0.6 is 0 Å². The Morgan fingerprint density at radius 3 is 2.45 bits per heavy atom. The van der Waals surface area contributed by atoms with Gasteiger partial charge in [-0.3, -0.25) is 4.79 Å². The van der Waals surface area contributed by atoms with Gasteiger partial charge in [0, 0.05) is 25.2 Å². The van der Waals surface area contributed by atoms with Crippen LogP contribution in [-0.4, -0.2) is 72.2 Å². The van der Waals surface area contributed by atoms with Crippen molar-refractivity contribution in [2.45, 2.75) is 56.0 Å². The molecule has 1 aromatic rings. The highest BCUT2D eigenvalue weighted by atomic mass is 16.3. The fourth-order valence-corrected chi connectivity index (χ4v) is 5.65. The molecular formula is C24H36N4O3. The zero-order valence-electron chi connectivity index (χ0n) is 18.6. The summed E-state index contributed by atoms with van der Waals surface area (Å²) >= 11 is 0. The zero-order chi connectivity index (χ0) is 21.9. The number of rotatable bonds is 8. The number of aliphatic hydroxyl groups is 1. The number of nitrogens with zero attached hydrogens (tertiary/aromatic N) is 2. The first kappa shape index (κ1) is 22.1. The standard InChI is InChI=1S/C24H36N4O3/c1-25-24(20-8-3-2-4-9-20)12-10-23(11-13-24)18-27(17-21(30)26-14-15-29)22(31)28(23)16-19-6-5-7-19/h2-4,8-9,19,25,29H,5-7,10-18H2,1H3,(H,26,30). The fraction of sp³-hybridized carbons (Fsp3) is 0.667. The second-order valence-electron chi connectivity index (χ2n) is 9.54. The molecule has 0 aromatic heterocycles. The monoisotopic (exact) mass is 428 g/mol. The molecule has 31 heavy (non-hydrogen) atoms. The van der Waals surface area contributed by atoms with Gasteiger partial charge in [-0.05, 0) is 57.1 Å². The minimum absolute atomic E-state index is 0.00252. The Kier molecular flexibility index (Phi) is 6.53. The highest BCUT2D eigenvalue weighted by molar-refractivity contribution is 5.86. The van der Waals surface area contributed by atoms with Crippen molar-refractivity contribution in [3.05, 3.63) is 35.9 Å². The van der Waals surface area contributed by atoms with Gasteiger partial charge >= 0.3 is 6.03 Å². The van der Waals surface area contributed by atoms with Crippen LogP contribution in [0.1, 0.15) is 50.5 Å². The Morgan fingerprint density at radius 1 is 1.16 bits per heavy atom. The molecule has 1 heterocycles. The van der Waals surface area contributed by atoms with Crippen LogP contribution in [0.25, 0.3) is 0 Å². The average Bonchev–Trinajstić information content (AvgIpc) is 3.01. The van der Waals surface area contributed by atoms with Gasteiger partial charge in [-0.25, -0.2) is 4.79 Å². The maximum absolute atomic E-state index is 13.4. The van der Waals surface area contributed by atoms with Gasteiger partial charge in [0.1, 0.15) is 6.54 Å². The van der Waals surface area contributed by atoms with Crippen molar-refractivity contribution < 1.29 is 14.7 Å². The van der Waals surface area contributed by atoms with Crippen molar-refractivity contribution >= 4 is 11.9 Å². The lowest BCUT2D eigenvalue weighted by Crippen LogP contribution is -2.56. The molecule has 1 aliphatic heterocycles. The Morgan fingerprint density at radius 2 is 1.87 bits per heavy atom. The van der Waals surface area contributed by atoms with E-state index in [0.717, 1.165) is 32.2 Å². The minimum Gasteiger partial charge on any atom is -0.395 e. The van der Waals surface area contributed by atoms with Crippen molar-refractivity contribution in [2.75, 3.05) is 39.8 Å². The SMILES string of the molecule is CNC1(c2ccccc2)CCC2(CC1)CN(CC(=O)NCCO)C(=O)N2CC1CCC1. The molecule has 0 bridgehead atoms. The van der Waals surface area contributed by atoms with Gasteiger partial charge in [-0.1, -0.05) is 36.8 Å². The molecule has 0 atom stereocenters. The number of nitrogens with one attached hydrogen (secondary N) is 2. The van der Waals surface area contributed by atoms with E-state index < -0.39 is 0 Å². The molecule has 0 unspecified atom stereocenters. The van der Waals surface area contributed by atoms with Gasteiger partial charge < -0.3 is 25.5 Å². The van der Waals surface area contributed by atoms with Crippen molar-refractivity contribution in [3.8, 4) is 0 Å². The van der Waals surface area contributed by atoms with Crippen molar-refractivity contribution in [1.29, 1.82) is 0 Å². The molecule has 7 heteroatoms. The highest BCUT2D eigenvalue weighted by Gasteiger charge is 2.54. The summed E-state index contributed by atoms with van der Waals surface area (Å²) in [5.74, 6) is 0.391. The number of hydrogen-bond acceptors (Lipinski definition) is 4. The number of urea groups is 1. The van der Waals surface area contributed by atoms with E-state index in [1.807, 2.05) is 13.1 Å². The van der Waals surface area contributed by atoms with Gasteiger partial charge in [0.05, 0.1) is 12.1 Å². The zero-order valence-corrected chi connectivity index (χ0v) is 18.6. The topological polar surface area (TPSA) is 84.9 Å². The van der Waals surface area contributed by atoms with E-state index >= 15 is 0 Å². The van der Waals surface area contributed by atoms with Crippen LogP contribution in [0.3, 0.4) is 0 Å². The van der Waals surface area contributed by atoms with Crippen LogP contribution in [0, 0.1) is 5.92 Å². The lowest BCUT2D eigenvalue weighted by molar-refractivity contribution is -0.121.